The highest BCUT2D eigenvalue weighted by molar-refractivity contribution is 5.69. The predicted octanol–water partition coefficient (Wildman–Crippen LogP) is 2.97. The summed E-state index contributed by atoms with van der Waals surface area (Å²) in [5.41, 5.74) is 8.33. The van der Waals surface area contributed by atoms with Gasteiger partial charge in [-0.2, -0.15) is 0 Å². The Kier molecular flexibility index (Phi) is 3.92. The number of hydrogen-bond donors (Lipinski definition) is 2. The second-order valence-electron chi connectivity index (χ2n) is 4.34. The average Bonchev–Trinajstić information content (AvgIpc) is 2.39. The lowest BCUT2D eigenvalue weighted by Crippen LogP contribution is -2.14. The summed E-state index contributed by atoms with van der Waals surface area (Å²) >= 11 is 0. The zero-order valence-electron chi connectivity index (χ0n) is 10.2. The van der Waals surface area contributed by atoms with Gasteiger partial charge in [0.15, 0.2) is 0 Å². The van der Waals surface area contributed by atoms with E-state index in [-0.39, 0.29) is 12.2 Å². The van der Waals surface area contributed by atoms with Crippen molar-refractivity contribution in [1.82, 2.24) is 0 Å². The molecule has 2 aromatic carbocycles. The molecule has 2 aromatic rings. The maximum atomic E-state index is 12.9. The number of carboxylic acids is 1. The summed E-state index contributed by atoms with van der Waals surface area (Å²) in [4.78, 5) is 10.7. The van der Waals surface area contributed by atoms with Crippen LogP contribution in [-0.4, -0.2) is 11.1 Å². The van der Waals surface area contributed by atoms with E-state index >= 15 is 0 Å². The van der Waals surface area contributed by atoms with Gasteiger partial charge in [-0.1, -0.05) is 30.3 Å². The van der Waals surface area contributed by atoms with Gasteiger partial charge in [0.05, 0.1) is 6.42 Å². The predicted molar refractivity (Wildman–Crippen MR) is 71.0 cm³/mol. The Morgan fingerprint density at radius 1 is 1.16 bits per heavy atom. The molecule has 19 heavy (non-hydrogen) atoms. The number of halogens is 1. The molecule has 0 aromatic heterocycles. The molecule has 0 aliphatic rings. The smallest absolute Gasteiger partial charge is 0.305 e. The first-order valence-electron chi connectivity index (χ1n) is 5.89. The van der Waals surface area contributed by atoms with Crippen molar-refractivity contribution in [2.24, 2.45) is 5.73 Å². The topological polar surface area (TPSA) is 63.3 Å². The molecule has 3 nitrogen and oxygen atoms in total. The molecule has 0 saturated heterocycles. The highest BCUT2D eigenvalue weighted by Gasteiger charge is 2.11. The monoisotopic (exact) mass is 259 g/mol. The van der Waals surface area contributed by atoms with Crippen molar-refractivity contribution in [3.63, 3.8) is 0 Å². The third kappa shape index (κ3) is 3.39. The third-order valence-corrected chi connectivity index (χ3v) is 2.89. The number of carboxylic acid groups (broad SMARTS) is 1. The lowest BCUT2D eigenvalue weighted by atomic mass is 9.98. The summed E-state index contributed by atoms with van der Waals surface area (Å²) in [5.74, 6) is -1.22. The second kappa shape index (κ2) is 5.63. The summed E-state index contributed by atoms with van der Waals surface area (Å²) in [7, 11) is 0. The number of nitrogens with two attached hydrogens (primary N) is 1. The summed E-state index contributed by atoms with van der Waals surface area (Å²) < 4.78 is 12.9. The zero-order valence-corrected chi connectivity index (χ0v) is 10.2. The van der Waals surface area contributed by atoms with E-state index in [1.807, 2.05) is 18.2 Å². The fraction of sp³-hybridized carbons (Fsp3) is 0.133. The van der Waals surface area contributed by atoms with Gasteiger partial charge in [-0.05, 0) is 34.9 Å². The van der Waals surface area contributed by atoms with Crippen LogP contribution in [0.5, 0.6) is 0 Å². The minimum Gasteiger partial charge on any atom is -0.481 e. The Hall–Kier alpha value is -2.20. The molecular formula is C15H14FNO2. The lowest BCUT2D eigenvalue weighted by Gasteiger charge is -2.11. The minimum atomic E-state index is -0.931. The Morgan fingerprint density at radius 2 is 1.84 bits per heavy atom. The first kappa shape index (κ1) is 13.2. The number of rotatable bonds is 4. The van der Waals surface area contributed by atoms with Gasteiger partial charge in [0.1, 0.15) is 5.82 Å². The van der Waals surface area contributed by atoms with Crippen LogP contribution in [0.4, 0.5) is 4.39 Å². The lowest BCUT2D eigenvalue weighted by molar-refractivity contribution is -0.137. The number of benzene rings is 2. The molecule has 0 heterocycles. The van der Waals surface area contributed by atoms with Crippen molar-refractivity contribution in [1.29, 1.82) is 0 Å². The molecule has 0 unspecified atom stereocenters. The van der Waals surface area contributed by atoms with Crippen molar-refractivity contribution >= 4 is 5.97 Å². The van der Waals surface area contributed by atoms with E-state index in [0.29, 0.717) is 0 Å². The fourth-order valence-corrected chi connectivity index (χ4v) is 1.90. The van der Waals surface area contributed by atoms with Crippen molar-refractivity contribution in [2.45, 2.75) is 12.5 Å². The van der Waals surface area contributed by atoms with Crippen LogP contribution in [0.2, 0.25) is 0 Å². The Labute approximate surface area is 110 Å². The number of carbonyl (C=O) groups is 1. The standard InChI is InChI=1S/C15H14FNO2/c16-13-6-4-10(5-7-13)11-2-1-3-12(8-11)14(17)9-15(18)19/h1-8,14H,9,17H2,(H,18,19)/t14-/m0/s1. The highest BCUT2D eigenvalue weighted by Crippen LogP contribution is 2.23. The van der Waals surface area contributed by atoms with Crippen LogP contribution in [0.25, 0.3) is 11.1 Å². The molecule has 0 bridgehead atoms. The van der Waals surface area contributed by atoms with Gasteiger partial charge < -0.3 is 10.8 Å². The van der Waals surface area contributed by atoms with Crippen LogP contribution in [0.3, 0.4) is 0 Å². The molecule has 0 amide bonds. The quantitative estimate of drug-likeness (QED) is 0.887. The van der Waals surface area contributed by atoms with E-state index < -0.39 is 12.0 Å². The molecule has 4 heteroatoms. The second-order valence-corrected chi connectivity index (χ2v) is 4.34. The van der Waals surface area contributed by atoms with Crippen LogP contribution in [0.15, 0.2) is 48.5 Å². The van der Waals surface area contributed by atoms with E-state index in [4.69, 9.17) is 10.8 Å². The summed E-state index contributed by atoms with van der Waals surface area (Å²) in [6.07, 6.45) is -0.118. The van der Waals surface area contributed by atoms with Crippen LogP contribution < -0.4 is 5.73 Å². The van der Waals surface area contributed by atoms with Gasteiger partial charge in [0.2, 0.25) is 0 Å². The number of aliphatic carboxylic acids is 1. The molecule has 2 rings (SSSR count). The van der Waals surface area contributed by atoms with E-state index in [2.05, 4.69) is 0 Å². The normalized spacial score (nSPS) is 12.1. The van der Waals surface area contributed by atoms with E-state index in [1.54, 1.807) is 18.2 Å². The largest absolute Gasteiger partial charge is 0.481 e. The van der Waals surface area contributed by atoms with Crippen molar-refractivity contribution in [2.75, 3.05) is 0 Å². The Balaban J connectivity index is 2.28. The first-order chi connectivity index (χ1) is 9.06. The zero-order chi connectivity index (χ0) is 13.8. The highest BCUT2D eigenvalue weighted by atomic mass is 19.1. The van der Waals surface area contributed by atoms with Crippen molar-refractivity contribution in [3.05, 3.63) is 59.9 Å². The molecule has 0 spiro atoms. The van der Waals surface area contributed by atoms with E-state index in [9.17, 15) is 9.18 Å². The summed E-state index contributed by atoms with van der Waals surface area (Å²) in [6.45, 7) is 0. The van der Waals surface area contributed by atoms with E-state index in [0.717, 1.165) is 16.7 Å². The number of hydrogen-bond acceptors (Lipinski definition) is 2. The van der Waals surface area contributed by atoms with Crippen LogP contribution in [0.1, 0.15) is 18.0 Å². The molecule has 0 radical (unpaired) electrons. The third-order valence-electron chi connectivity index (χ3n) is 2.89. The van der Waals surface area contributed by atoms with Gasteiger partial charge in [-0.15, -0.1) is 0 Å². The molecular weight excluding hydrogens is 245 g/mol. The molecule has 3 N–H and O–H groups in total. The Bertz CT molecular complexity index is 581. The van der Waals surface area contributed by atoms with Crippen molar-refractivity contribution in [3.8, 4) is 11.1 Å². The first-order valence-corrected chi connectivity index (χ1v) is 5.89. The Morgan fingerprint density at radius 3 is 2.47 bits per heavy atom. The van der Waals surface area contributed by atoms with E-state index in [1.165, 1.54) is 12.1 Å². The molecule has 0 aliphatic heterocycles. The molecule has 98 valence electrons. The van der Waals surface area contributed by atoms with Gasteiger partial charge >= 0.3 is 5.97 Å². The molecule has 0 fully saturated rings. The van der Waals surface area contributed by atoms with Crippen molar-refractivity contribution < 1.29 is 14.3 Å². The average molecular weight is 259 g/mol. The van der Waals surface area contributed by atoms with Gasteiger partial charge in [-0.3, -0.25) is 4.79 Å². The van der Waals surface area contributed by atoms with Gasteiger partial charge in [0, 0.05) is 6.04 Å². The van der Waals surface area contributed by atoms with Gasteiger partial charge in [-0.25, -0.2) is 4.39 Å². The van der Waals surface area contributed by atoms with Crippen LogP contribution in [0, 0.1) is 5.82 Å². The maximum Gasteiger partial charge on any atom is 0.305 e. The fourth-order valence-electron chi connectivity index (χ4n) is 1.90. The van der Waals surface area contributed by atoms with Crippen LogP contribution in [-0.2, 0) is 4.79 Å². The molecule has 0 aliphatic carbocycles. The molecule has 1 atom stereocenters. The molecule has 0 saturated carbocycles. The minimum absolute atomic E-state index is 0.118. The van der Waals surface area contributed by atoms with Gasteiger partial charge in [0.25, 0.3) is 0 Å². The summed E-state index contributed by atoms with van der Waals surface area (Å²) in [6, 6.07) is 12.9. The van der Waals surface area contributed by atoms with Crippen LogP contribution >= 0.6 is 0 Å². The SMILES string of the molecule is N[C@@H](CC(=O)O)c1cccc(-c2ccc(F)cc2)c1. The maximum absolute atomic E-state index is 12.9. The summed E-state index contributed by atoms with van der Waals surface area (Å²) in [5, 5.41) is 8.74.